The highest BCUT2D eigenvalue weighted by Crippen LogP contribution is 2.37. The topological polar surface area (TPSA) is 20.5 Å². The summed E-state index contributed by atoms with van der Waals surface area (Å²) in [6.45, 7) is 2.34. The fourth-order valence-electron chi connectivity index (χ4n) is 2.67. The van der Waals surface area contributed by atoms with Crippen LogP contribution in [0.2, 0.25) is 0 Å². The van der Waals surface area contributed by atoms with Crippen LogP contribution in [0.1, 0.15) is 31.4 Å². The molecule has 4 rings (SSSR count). The number of aromatic nitrogens is 2. The number of alkyl halides is 1. The molecule has 2 aromatic heterocycles. The van der Waals surface area contributed by atoms with Crippen molar-refractivity contribution < 1.29 is 0 Å². The van der Waals surface area contributed by atoms with Crippen molar-refractivity contribution in [1.29, 1.82) is 0 Å². The van der Waals surface area contributed by atoms with E-state index in [1.54, 1.807) is 11.3 Å². The van der Waals surface area contributed by atoms with Crippen molar-refractivity contribution in [2.24, 2.45) is 11.8 Å². The zero-order valence-corrected chi connectivity index (χ0v) is 12.5. The minimum atomic E-state index is 0.541. The Hall–Kier alpha value is -0.740. The van der Waals surface area contributed by atoms with Gasteiger partial charge < -0.3 is 4.90 Å². The maximum Gasteiger partial charge on any atom is 0.195 e. The predicted molar refractivity (Wildman–Crippen MR) is 80.3 cm³/mol. The van der Waals surface area contributed by atoms with Gasteiger partial charge in [0.25, 0.3) is 0 Å². The zero-order valence-electron chi connectivity index (χ0n) is 10.9. The van der Waals surface area contributed by atoms with Gasteiger partial charge in [0, 0.05) is 24.7 Å². The fraction of sp³-hybridized carbons (Fsp3) is 0.643. The molecule has 0 N–H and O–H groups in total. The van der Waals surface area contributed by atoms with E-state index in [1.807, 2.05) is 0 Å². The van der Waals surface area contributed by atoms with Gasteiger partial charge in [-0.15, -0.1) is 22.9 Å². The Balaban J connectivity index is 1.68. The summed E-state index contributed by atoms with van der Waals surface area (Å²) in [5, 5.41) is 2.08. The largest absolute Gasteiger partial charge is 0.354 e. The predicted octanol–water partition coefficient (Wildman–Crippen LogP) is 3.76. The molecule has 102 valence electrons. The lowest BCUT2D eigenvalue weighted by Gasteiger charge is -2.23. The van der Waals surface area contributed by atoms with Gasteiger partial charge in [0.15, 0.2) is 10.8 Å². The van der Waals surface area contributed by atoms with E-state index in [0.717, 1.165) is 22.6 Å². The first-order valence-corrected chi connectivity index (χ1v) is 8.52. The molecule has 2 fully saturated rings. The molecule has 0 aromatic carbocycles. The highest BCUT2D eigenvalue weighted by Gasteiger charge is 2.31. The van der Waals surface area contributed by atoms with E-state index in [4.69, 9.17) is 16.6 Å². The van der Waals surface area contributed by atoms with E-state index in [-0.39, 0.29) is 0 Å². The van der Waals surface area contributed by atoms with E-state index < -0.39 is 0 Å². The van der Waals surface area contributed by atoms with Crippen LogP contribution < -0.4 is 4.90 Å². The molecule has 5 heteroatoms. The van der Waals surface area contributed by atoms with Gasteiger partial charge in [0.2, 0.25) is 0 Å². The summed E-state index contributed by atoms with van der Waals surface area (Å²) in [6.07, 6.45) is 7.64. The molecule has 0 atom stereocenters. The average molecular weight is 296 g/mol. The number of imidazole rings is 1. The highest BCUT2D eigenvalue weighted by atomic mass is 35.5. The van der Waals surface area contributed by atoms with Gasteiger partial charge >= 0.3 is 0 Å². The van der Waals surface area contributed by atoms with Crippen LogP contribution in [0.4, 0.5) is 5.82 Å². The zero-order chi connectivity index (χ0) is 12.8. The Kier molecular flexibility index (Phi) is 2.96. The van der Waals surface area contributed by atoms with Crippen LogP contribution >= 0.6 is 22.9 Å². The molecule has 2 aliphatic carbocycles. The second-order valence-electron chi connectivity index (χ2n) is 5.86. The monoisotopic (exact) mass is 295 g/mol. The number of thiazole rings is 1. The van der Waals surface area contributed by atoms with Crippen LogP contribution in [0, 0.1) is 11.8 Å². The third-order valence-electron chi connectivity index (χ3n) is 4.12. The maximum absolute atomic E-state index is 6.17. The van der Waals surface area contributed by atoms with Crippen molar-refractivity contribution in [3.05, 3.63) is 17.3 Å². The molecule has 0 bridgehead atoms. The van der Waals surface area contributed by atoms with Crippen molar-refractivity contribution >= 4 is 33.7 Å². The first-order chi connectivity index (χ1) is 9.35. The van der Waals surface area contributed by atoms with E-state index >= 15 is 0 Å². The molecule has 0 spiro atoms. The summed E-state index contributed by atoms with van der Waals surface area (Å²) in [5.74, 6) is 3.46. The first kappa shape index (κ1) is 12.0. The standard InChI is InChI=1S/C14H18ClN3S/c15-7-12-13(16-14-18(12)5-6-19-14)17(8-10-1-2-10)9-11-3-4-11/h5-6,10-11H,1-4,7-9H2. The Morgan fingerprint density at radius 3 is 2.53 bits per heavy atom. The van der Waals surface area contributed by atoms with Crippen molar-refractivity contribution in [3.63, 3.8) is 0 Å². The third-order valence-corrected chi connectivity index (χ3v) is 5.13. The van der Waals surface area contributed by atoms with Gasteiger partial charge in [-0.25, -0.2) is 4.98 Å². The van der Waals surface area contributed by atoms with Gasteiger partial charge in [0.1, 0.15) is 0 Å². The SMILES string of the molecule is ClCc1c(N(CC2CC2)CC2CC2)nc2sccn12. The number of halogens is 1. The Bertz CT molecular complexity index is 569. The first-order valence-electron chi connectivity index (χ1n) is 7.10. The van der Waals surface area contributed by atoms with Crippen LogP contribution in [-0.2, 0) is 5.88 Å². The maximum atomic E-state index is 6.17. The van der Waals surface area contributed by atoms with Crippen LogP contribution in [0.25, 0.3) is 4.96 Å². The van der Waals surface area contributed by atoms with Gasteiger partial charge in [-0.05, 0) is 37.5 Å². The summed E-state index contributed by atoms with van der Waals surface area (Å²) in [7, 11) is 0. The molecule has 2 heterocycles. The van der Waals surface area contributed by atoms with Gasteiger partial charge in [-0.2, -0.15) is 0 Å². The molecular weight excluding hydrogens is 278 g/mol. The fourth-order valence-corrected chi connectivity index (χ4v) is 3.65. The average Bonchev–Trinajstić information content (AvgIpc) is 3.30. The second kappa shape index (κ2) is 4.67. The minimum Gasteiger partial charge on any atom is -0.354 e. The molecular formula is C14H18ClN3S. The van der Waals surface area contributed by atoms with Crippen LogP contribution in [0.3, 0.4) is 0 Å². The van der Waals surface area contributed by atoms with Gasteiger partial charge in [0.05, 0.1) is 11.6 Å². The Labute approximate surface area is 122 Å². The van der Waals surface area contributed by atoms with E-state index in [9.17, 15) is 0 Å². The molecule has 0 radical (unpaired) electrons. The van der Waals surface area contributed by atoms with E-state index in [1.165, 1.54) is 44.5 Å². The van der Waals surface area contributed by atoms with E-state index in [2.05, 4.69) is 20.9 Å². The lowest BCUT2D eigenvalue weighted by Crippen LogP contribution is -2.29. The molecule has 2 aliphatic rings. The number of fused-ring (bicyclic) bond motifs is 1. The molecule has 2 saturated carbocycles. The summed E-state index contributed by atoms with van der Waals surface area (Å²) in [4.78, 5) is 8.41. The summed E-state index contributed by atoms with van der Waals surface area (Å²) >= 11 is 7.87. The number of hydrogen-bond donors (Lipinski definition) is 0. The molecule has 2 aromatic rings. The summed E-state index contributed by atoms with van der Waals surface area (Å²) in [6, 6.07) is 0. The lowest BCUT2D eigenvalue weighted by atomic mass is 10.3. The second-order valence-corrected chi connectivity index (χ2v) is 7.00. The number of nitrogens with zero attached hydrogens (tertiary/aromatic N) is 3. The number of rotatable bonds is 6. The molecule has 0 amide bonds. The van der Waals surface area contributed by atoms with Crippen LogP contribution in [0.15, 0.2) is 11.6 Å². The highest BCUT2D eigenvalue weighted by molar-refractivity contribution is 7.15. The van der Waals surface area contributed by atoms with Gasteiger partial charge in [-0.3, -0.25) is 4.40 Å². The van der Waals surface area contributed by atoms with Gasteiger partial charge in [-0.1, -0.05) is 0 Å². The van der Waals surface area contributed by atoms with Crippen molar-refractivity contribution in [2.75, 3.05) is 18.0 Å². The van der Waals surface area contributed by atoms with E-state index in [0.29, 0.717) is 5.88 Å². The van der Waals surface area contributed by atoms with Crippen LogP contribution in [-0.4, -0.2) is 22.5 Å². The van der Waals surface area contributed by atoms with Crippen molar-refractivity contribution in [1.82, 2.24) is 9.38 Å². The van der Waals surface area contributed by atoms with Crippen LogP contribution in [0.5, 0.6) is 0 Å². The van der Waals surface area contributed by atoms with Crippen molar-refractivity contribution in [2.45, 2.75) is 31.6 Å². The molecule has 0 aliphatic heterocycles. The Morgan fingerprint density at radius 1 is 1.26 bits per heavy atom. The number of hydrogen-bond acceptors (Lipinski definition) is 3. The quantitative estimate of drug-likeness (QED) is 0.756. The summed E-state index contributed by atoms with van der Waals surface area (Å²) in [5.41, 5.74) is 1.17. The Morgan fingerprint density at radius 2 is 1.95 bits per heavy atom. The molecule has 0 saturated heterocycles. The smallest absolute Gasteiger partial charge is 0.195 e. The summed E-state index contributed by atoms with van der Waals surface area (Å²) < 4.78 is 2.15. The minimum absolute atomic E-state index is 0.541. The molecule has 0 unspecified atom stereocenters. The normalized spacial score (nSPS) is 19.2. The number of anilines is 1. The lowest BCUT2D eigenvalue weighted by molar-refractivity contribution is 0.671. The third kappa shape index (κ3) is 2.36. The molecule has 3 nitrogen and oxygen atoms in total. The molecule has 19 heavy (non-hydrogen) atoms. The van der Waals surface area contributed by atoms with Crippen molar-refractivity contribution in [3.8, 4) is 0 Å².